The van der Waals surface area contributed by atoms with Crippen LogP contribution in [0.5, 0.6) is 17.2 Å². The van der Waals surface area contributed by atoms with Gasteiger partial charge in [-0.2, -0.15) is 4.89 Å². The fraction of sp³-hybridized carbons (Fsp3) is 0.500. The summed E-state index contributed by atoms with van der Waals surface area (Å²) < 4.78 is 24.2. The van der Waals surface area contributed by atoms with Gasteiger partial charge in [-0.05, 0) is 48.2 Å². The molecule has 0 aliphatic heterocycles. The normalized spacial score (nSPS) is 17.9. The summed E-state index contributed by atoms with van der Waals surface area (Å²) in [5.41, 5.74) is 0. The number of rotatable bonds is 12. The summed E-state index contributed by atoms with van der Waals surface area (Å²) >= 11 is 0. The second-order valence-corrected chi connectivity index (χ2v) is 9.75. The Balaban J connectivity index is 1.53. The molecule has 0 saturated heterocycles. The summed E-state index contributed by atoms with van der Waals surface area (Å²) in [5, 5.41) is 22.1. The van der Waals surface area contributed by atoms with Crippen LogP contribution in [0, 0.1) is 0 Å². The number of aliphatic hydroxyl groups is 1. The SMILES string of the molecule is O=[P+](O)C1(C(CCNCC(O)COc2cccc(O)c2)Oc2ccccc2)CCCCC1. The third-order valence-electron chi connectivity index (χ3n) is 5.94. The maximum Gasteiger partial charge on any atom is 0.515 e. The van der Waals surface area contributed by atoms with Crippen molar-refractivity contribution in [3.8, 4) is 17.2 Å². The molecule has 0 heterocycles. The van der Waals surface area contributed by atoms with E-state index in [4.69, 9.17) is 9.47 Å². The molecule has 3 atom stereocenters. The molecule has 1 saturated carbocycles. The standard InChI is InChI=1S/C24H32NO6P/c26-19-8-7-11-22(16-19)30-18-20(27)17-25-15-12-23(31-21-9-3-1-4-10-21)24(32(28)29)13-5-2-6-14-24/h1,3-4,7-11,16,20,23,25,27H,2,5-6,12-15,17-18H2,(H-,26,28,29)/p+1. The largest absolute Gasteiger partial charge is 0.515 e. The monoisotopic (exact) mass is 462 g/mol. The number of phenolic OH excluding ortho intramolecular Hbond substituents is 1. The van der Waals surface area contributed by atoms with Crippen LogP contribution in [0.1, 0.15) is 38.5 Å². The Kier molecular flexibility index (Phi) is 9.30. The topological polar surface area (TPSA) is 108 Å². The molecule has 2 aromatic rings. The summed E-state index contributed by atoms with van der Waals surface area (Å²) in [6, 6.07) is 15.9. The molecule has 0 aromatic heterocycles. The molecule has 7 nitrogen and oxygen atoms in total. The summed E-state index contributed by atoms with van der Waals surface area (Å²) in [6.07, 6.45) is 3.70. The average molecular weight is 463 g/mol. The van der Waals surface area contributed by atoms with E-state index in [1.807, 2.05) is 30.3 Å². The molecule has 0 amide bonds. The van der Waals surface area contributed by atoms with Gasteiger partial charge in [-0.3, -0.25) is 0 Å². The molecule has 0 radical (unpaired) electrons. The van der Waals surface area contributed by atoms with Gasteiger partial charge in [0.2, 0.25) is 5.16 Å². The second kappa shape index (κ2) is 12.2. The van der Waals surface area contributed by atoms with Gasteiger partial charge in [-0.15, -0.1) is 0 Å². The Labute approximate surface area is 190 Å². The highest BCUT2D eigenvalue weighted by Gasteiger charge is 2.57. The molecule has 174 valence electrons. The molecule has 32 heavy (non-hydrogen) atoms. The van der Waals surface area contributed by atoms with Crippen LogP contribution in [-0.2, 0) is 4.57 Å². The third kappa shape index (κ3) is 6.91. The minimum absolute atomic E-state index is 0.0901. The van der Waals surface area contributed by atoms with Crippen LogP contribution in [0.4, 0.5) is 0 Å². The maximum atomic E-state index is 12.5. The third-order valence-corrected chi connectivity index (χ3v) is 7.44. The van der Waals surface area contributed by atoms with Crippen molar-refractivity contribution in [2.24, 2.45) is 0 Å². The molecular weight excluding hydrogens is 429 g/mol. The lowest BCUT2D eigenvalue weighted by Crippen LogP contribution is -2.46. The minimum atomic E-state index is -2.40. The van der Waals surface area contributed by atoms with E-state index in [0.717, 1.165) is 19.3 Å². The van der Waals surface area contributed by atoms with Gasteiger partial charge in [0.15, 0.2) is 6.10 Å². The van der Waals surface area contributed by atoms with E-state index >= 15 is 0 Å². The number of benzene rings is 2. The maximum absolute atomic E-state index is 12.5. The highest BCUT2D eigenvalue weighted by molar-refractivity contribution is 7.40. The molecule has 4 N–H and O–H groups in total. The van der Waals surface area contributed by atoms with Crippen molar-refractivity contribution in [3.05, 3.63) is 54.6 Å². The Bertz CT molecular complexity index is 843. The van der Waals surface area contributed by atoms with Crippen molar-refractivity contribution in [3.63, 3.8) is 0 Å². The van der Waals surface area contributed by atoms with E-state index in [1.54, 1.807) is 18.2 Å². The number of phenols is 1. The molecule has 1 fully saturated rings. The zero-order chi connectivity index (χ0) is 22.8. The first-order valence-electron chi connectivity index (χ1n) is 11.2. The van der Waals surface area contributed by atoms with Crippen LogP contribution in [0.25, 0.3) is 0 Å². The second-order valence-electron chi connectivity index (χ2n) is 8.31. The number of aliphatic hydroxyl groups excluding tert-OH is 1. The highest BCUT2D eigenvalue weighted by atomic mass is 31.1. The van der Waals surface area contributed by atoms with Crippen LogP contribution in [0.3, 0.4) is 0 Å². The number of aromatic hydroxyl groups is 1. The van der Waals surface area contributed by atoms with Crippen LogP contribution in [0.15, 0.2) is 54.6 Å². The predicted molar refractivity (Wildman–Crippen MR) is 124 cm³/mol. The van der Waals surface area contributed by atoms with Crippen molar-refractivity contribution >= 4 is 8.03 Å². The molecule has 0 spiro atoms. The number of hydrogen-bond donors (Lipinski definition) is 4. The van der Waals surface area contributed by atoms with E-state index in [0.29, 0.717) is 43.9 Å². The highest BCUT2D eigenvalue weighted by Crippen LogP contribution is 2.50. The van der Waals surface area contributed by atoms with Crippen LogP contribution >= 0.6 is 8.03 Å². The van der Waals surface area contributed by atoms with E-state index < -0.39 is 25.4 Å². The van der Waals surface area contributed by atoms with Crippen molar-refractivity contribution in [1.82, 2.24) is 5.32 Å². The number of para-hydroxylation sites is 1. The van der Waals surface area contributed by atoms with Gasteiger partial charge in [-0.25, -0.2) is 0 Å². The molecule has 1 aliphatic carbocycles. The van der Waals surface area contributed by atoms with Crippen LogP contribution in [0.2, 0.25) is 0 Å². The quantitative estimate of drug-likeness (QED) is 0.279. The van der Waals surface area contributed by atoms with Gasteiger partial charge >= 0.3 is 8.03 Å². The Morgan fingerprint density at radius 1 is 1.03 bits per heavy atom. The van der Waals surface area contributed by atoms with Crippen molar-refractivity contribution in [2.75, 3.05) is 19.7 Å². The summed E-state index contributed by atoms with van der Waals surface area (Å²) in [7, 11) is -2.40. The first-order valence-corrected chi connectivity index (χ1v) is 12.4. The van der Waals surface area contributed by atoms with Gasteiger partial charge < -0.3 is 25.0 Å². The predicted octanol–water partition coefficient (Wildman–Crippen LogP) is 4.00. The molecular formula is C24H33NO6P+. The van der Waals surface area contributed by atoms with Crippen molar-refractivity contribution < 1.29 is 29.1 Å². The summed E-state index contributed by atoms with van der Waals surface area (Å²) in [4.78, 5) is 10.3. The Morgan fingerprint density at radius 2 is 1.75 bits per heavy atom. The lowest BCUT2D eigenvalue weighted by Gasteiger charge is -2.34. The van der Waals surface area contributed by atoms with Crippen molar-refractivity contribution in [1.29, 1.82) is 0 Å². The number of hydrogen-bond acceptors (Lipinski definition) is 6. The van der Waals surface area contributed by atoms with E-state index in [-0.39, 0.29) is 12.4 Å². The van der Waals surface area contributed by atoms with Gasteiger partial charge in [-0.1, -0.05) is 30.7 Å². The van der Waals surface area contributed by atoms with Crippen LogP contribution in [-0.4, -0.2) is 52.2 Å². The average Bonchev–Trinajstić information content (AvgIpc) is 2.81. The molecule has 0 bridgehead atoms. The van der Waals surface area contributed by atoms with E-state index in [9.17, 15) is 19.7 Å². The Morgan fingerprint density at radius 3 is 2.44 bits per heavy atom. The molecule has 3 unspecified atom stereocenters. The van der Waals surface area contributed by atoms with Gasteiger partial charge in [0.25, 0.3) is 0 Å². The molecule has 3 rings (SSSR count). The zero-order valence-corrected chi connectivity index (χ0v) is 19.1. The van der Waals surface area contributed by atoms with Gasteiger partial charge in [0.05, 0.1) is 0 Å². The van der Waals surface area contributed by atoms with E-state index in [1.165, 1.54) is 6.07 Å². The molecule has 1 aliphatic rings. The van der Waals surface area contributed by atoms with Gasteiger partial charge in [0.1, 0.15) is 30.0 Å². The number of ether oxygens (including phenoxy) is 2. The number of nitrogens with one attached hydrogen (secondary N) is 1. The summed E-state index contributed by atoms with van der Waals surface area (Å²) in [5.74, 6) is 1.30. The van der Waals surface area contributed by atoms with Gasteiger partial charge in [0, 0.05) is 31.9 Å². The van der Waals surface area contributed by atoms with Crippen LogP contribution < -0.4 is 14.8 Å². The fourth-order valence-corrected chi connectivity index (χ4v) is 5.35. The zero-order valence-electron chi connectivity index (χ0n) is 18.2. The molecule has 2 aromatic carbocycles. The smallest absolute Gasteiger partial charge is 0.508 e. The van der Waals surface area contributed by atoms with Crippen molar-refractivity contribution in [2.45, 2.75) is 55.9 Å². The fourth-order valence-electron chi connectivity index (χ4n) is 4.23. The van der Waals surface area contributed by atoms with E-state index in [2.05, 4.69) is 5.32 Å². The molecule has 8 heteroatoms. The lowest BCUT2D eigenvalue weighted by molar-refractivity contribution is 0.0968. The summed E-state index contributed by atoms with van der Waals surface area (Å²) in [6.45, 7) is 0.938. The first-order chi connectivity index (χ1) is 15.5. The Hall–Kier alpha value is -2.18. The first kappa shape index (κ1) is 24.5. The minimum Gasteiger partial charge on any atom is -0.508 e. The lowest BCUT2D eigenvalue weighted by atomic mass is 9.82.